The Morgan fingerprint density at radius 2 is 1.47 bits per heavy atom. The van der Waals surface area contributed by atoms with E-state index in [9.17, 15) is 4.79 Å². The van der Waals surface area contributed by atoms with Crippen LogP contribution < -0.4 is 14.2 Å². The van der Waals surface area contributed by atoms with Gasteiger partial charge in [-0.1, -0.05) is 42.5 Å². The molecule has 0 atom stereocenters. The highest BCUT2D eigenvalue weighted by atomic mass is 16.6. The van der Waals surface area contributed by atoms with E-state index >= 15 is 0 Å². The largest absolute Gasteiger partial charge is 0.497 e. The lowest BCUT2D eigenvalue weighted by atomic mass is 10.0. The van der Waals surface area contributed by atoms with E-state index in [2.05, 4.69) is 0 Å². The van der Waals surface area contributed by atoms with Crippen molar-refractivity contribution in [2.75, 3.05) is 27.4 Å². The zero-order valence-electron chi connectivity index (χ0n) is 17.0. The molecule has 0 saturated carbocycles. The summed E-state index contributed by atoms with van der Waals surface area (Å²) in [7, 11) is 3.22. The van der Waals surface area contributed by atoms with Gasteiger partial charge >= 0.3 is 5.97 Å². The highest BCUT2D eigenvalue weighted by Gasteiger charge is 2.14. The van der Waals surface area contributed by atoms with Crippen LogP contribution >= 0.6 is 0 Å². The second-order valence-corrected chi connectivity index (χ2v) is 6.36. The number of rotatable bonds is 9. The highest BCUT2D eigenvalue weighted by molar-refractivity contribution is 6.21. The Morgan fingerprint density at radius 1 is 0.767 bits per heavy atom. The molecule has 0 spiro atoms. The molecule has 0 heterocycles. The van der Waals surface area contributed by atoms with Crippen LogP contribution in [0, 0.1) is 0 Å². The van der Waals surface area contributed by atoms with E-state index in [-0.39, 0.29) is 13.2 Å². The van der Waals surface area contributed by atoms with E-state index in [1.165, 1.54) is 0 Å². The number of ether oxygens (including phenoxy) is 4. The maximum Gasteiger partial charge on any atom is 0.338 e. The van der Waals surface area contributed by atoms with Gasteiger partial charge in [0.2, 0.25) is 0 Å². The van der Waals surface area contributed by atoms with Gasteiger partial charge in [-0.15, -0.1) is 0 Å². The van der Waals surface area contributed by atoms with Crippen molar-refractivity contribution in [3.8, 4) is 17.2 Å². The fourth-order valence-electron chi connectivity index (χ4n) is 2.82. The third kappa shape index (κ3) is 5.88. The molecule has 3 rings (SSSR count). The average Bonchev–Trinajstić information content (AvgIpc) is 2.81. The standard InChI is InChI=1S/C25H24O5/c1-27-21-11-13-22(14-12-21)29-15-16-30-25(26)24(20-8-4-3-5-9-20)18-19-7-6-10-23(17-19)28-2/h3-14,17-18H,15-16H2,1-2H3/b24-18+. The molecule has 30 heavy (non-hydrogen) atoms. The van der Waals surface area contributed by atoms with Crippen molar-refractivity contribution in [2.45, 2.75) is 0 Å². The van der Waals surface area contributed by atoms with Crippen LogP contribution in [0.3, 0.4) is 0 Å². The van der Waals surface area contributed by atoms with E-state index in [1.807, 2.05) is 66.7 Å². The molecular weight excluding hydrogens is 380 g/mol. The van der Waals surface area contributed by atoms with Crippen LogP contribution in [0.5, 0.6) is 17.2 Å². The van der Waals surface area contributed by atoms with Crippen molar-refractivity contribution in [1.29, 1.82) is 0 Å². The van der Waals surface area contributed by atoms with Gasteiger partial charge in [-0.05, 0) is 53.6 Å². The maximum atomic E-state index is 12.8. The van der Waals surface area contributed by atoms with Crippen molar-refractivity contribution in [3.05, 3.63) is 90.0 Å². The molecule has 0 aliphatic rings. The lowest BCUT2D eigenvalue weighted by Gasteiger charge is -2.11. The van der Waals surface area contributed by atoms with Crippen molar-refractivity contribution in [3.63, 3.8) is 0 Å². The Balaban J connectivity index is 1.67. The normalized spacial score (nSPS) is 10.9. The third-order valence-corrected chi connectivity index (χ3v) is 4.35. The van der Waals surface area contributed by atoms with Gasteiger partial charge in [0.1, 0.15) is 30.5 Å². The number of hydrogen-bond acceptors (Lipinski definition) is 5. The third-order valence-electron chi connectivity index (χ3n) is 4.35. The summed E-state index contributed by atoms with van der Waals surface area (Å²) in [6.45, 7) is 0.381. The van der Waals surface area contributed by atoms with E-state index < -0.39 is 5.97 Å². The van der Waals surface area contributed by atoms with Crippen LogP contribution in [0.25, 0.3) is 11.6 Å². The fourth-order valence-corrected chi connectivity index (χ4v) is 2.82. The zero-order chi connectivity index (χ0) is 21.2. The molecule has 0 aromatic heterocycles. The molecule has 0 amide bonds. The predicted molar refractivity (Wildman–Crippen MR) is 117 cm³/mol. The molecule has 0 bridgehead atoms. The minimum atomic E-state index is -0.414. The fraction of sp³-hybridized carbons (Fsp3) is 0.160. The average molecular weight is 404 g/mol. The van der Waals surface area contributed by atoms with Gasteiger partial charge in [0.25, 0.3) is 0 Å². The number of benzene rings is 3. The molecule has 0 aliphatic heterocycles. The van der Waals surface area contributed by atoms with Gasteiger partial charge < -0.3 is 18.9 Å². The summed E-state index contributed by atoms with van der Waals surface area (Å²) in [4.78, 5) is 12.8. The topological polar surface area (TPSA) is 54.0 Å². The first-order valence-corrected chi connectivity index (χ1v) is 9.55. The summed E-state index contributed by atoms with van der Waals surface area (Å²) < 4.78 is 21.5. The smallest absolute Gasteiger partial charge is 0.338 e. The van der Waals surface area contributed by atoms with E-state index in [0.29, 0.717) is 11.3 Å². The number of esters is 1. The van der Waals surface area contributed by atoms with Crippen LogP contribution in [0.1, 0.15) is 11.1 Å². The van der Waals surface area contributed by atoms with Crippen LogP contribution in [0.15, 0.2) is 78.9 Å². The second kappa shape index (κ2) is 10.7. The van der Waals surface area contributed by atoms with Gasteiger partial charge in [-0.3, -0.25) is 0 Å². The number of hydrogen-bond donors (Lipinski definition) is 0. The summed E-state index contributed by atoms with van der Waals surface area (Å²) >= 11 is 0. The van der Waals surface area contributed by atoms with Gasteiger partial charge in [-0.2, -0.15) is 0 Å². The minimum Gasteiger partial charge on any atom is -0.497 e. The minimum absolute atomic E-state index is 0.132. The van der Waals surface area contributed by atoms with Crippen LogP contribution in [0.2, 0.25) is 0 Å². The molecule has 0 unspecified atom stereocenters. The Kier molecular flexibility index (Phi) is 7.50. The first-order valence-electron chi connectivity index (χ1n) is 9.55. The van der Waals surface area contributed by atoms with E-state index in [1.54, 1.807) is 32.4 Å². The number of carbonyl (C=O) groups is 1. The van der Waals surface area contributed by atoms with Crippen molar-refractivity contribution in [2.24, 2.45) is 0 Å². The summed E-state index contributed by atoms with van der Waals surface area (Å²) in [6, 6.07) is 24.2. The highest BCUT2D eigenvalue weighted by Crippen LogP contribution is 2.22. The monoisotopic (exact) mass is 404 g/mol. The SMILES string of the molecule is COc1ccc(OCCOC(=O)/C(=C/c2cccc(OC)c2)c2ccccc2)cc1. The van der Waals surface area contributed by atoms with Crippen LogP contribution in [-0.4, -0.2) is 33.4 Å². The summed E-state index contributed by atoms with van der Waals surface area (Å²) in [5.41, 5.74) is 2.09. The Bertz CT molecular complexity index is 978. The Morgan fingerprint density at radius 3 is 2.17 bits per heavy atom. The summed E-state index contributed by atoms with van der Waals surface area (Å²) in [5.74, 6) is 1.74. The van der Waals surface area contributed by atoms with Crippen molar-refractivity contribution < 1.29 is 23.7 Å². The molecule has 5 nitrogen and oxygen atoms in total. The van der Waals surface area contributed by atoms with E-state index in [4.69, 9.17) is 18.9 Å². The van der Waals surface area contributed by atoms with Crippen LogP contribution in [-0.2, 0) is 9.53 Å². The van der Waals surface area contributed by atoms with Gasteiger partial charge in [-0.25, -0.2) is 4.79 Å². The van der Waals surface area contributed by atoms with Crippen molar-refractivity contribution >= 4 is 17.6 Å². The van der Waals surface area contributed by atoms with E-state index in [0.717, 1.165) is 22.6 Å². The lowest BCUT2D eigenvalue weighted by molar-refractivity contribution is -0.137. The number of methoxy groups -OCH3 is 2. The first kappa shape index (κ1) is 21.0. The second-order valence-electron chi connectivity index (χ2n) is 6.36. The van der Waals surface area contributed by atoms with Gasteiger partial charge in [0.05, 0.1) is 19.8 Å². The molecule has 0 saturated heterocycles. The first-order chi connectivity index (χ1) is 14.7. The maximum absolute atomic E-state index is 12.8. The van der Waals surface area contributed by atoms with Gasteiger partial charge in [0, 0.05) is 0 Å². The molecular formula is C25H24O5. The molecule has 3 aromatic carbocycles. The molecule has 0 N–H and O–H groups in total. The molecule has 0 aliphatic carbocycles. The molecule has 3 aromatic rings. The predicted octanol–water partition coefficient (Wildman–Crippen LogP) is 4.87. The molecule has 5 heteroatoms. The quantitative estimate of drug-likeness (QED) is 0.220. The lowest BCUT2D eigenvalue weighted by Crippen LogP contribution is -2.13. The molecule has 0 fully saturated rings. The Hall–Kier alpha value is -3.73. The Labute approximate surface area is 176 Å². The van der Waals surface area contributed by atoms with Crippen molar-refractivity contribution in [1.82, 2.24) is 0 Å². The summed E-state index contributed by atoms with van der Waals surface area (Å²) in [5, 5.41) is 0. The van der Waals surface area contributed by atoms with Crippen LogP contribution in [0.4, 0.5) is 0 Å². The molecule has 154 valence electrons. The number of carbonyl (C=O) groups excluding carboxylic acids is 1. The molecule has 0 radical (unpaired) electrons. The van der Waals surface area contributed by atoms with Gasteiger partial charge in [0.15, 0.2) is 0 Å². The zero-order valence-corrected chi connectivity index (χ0v) is 17.0. The summed E-state index contributed by atoms with van der Waals surface area (Å²) in [6.07, 6.45) is 1.80.